The monoisotopic (exact) mass is 915 g/mol. The van der Waals surface area contributed by atoms with Crippen LogP contribution in [0.3, 0.4) is 0 Å². The zero-order valence-electron chi connectivity index (χ0n) is 36.1. The van der Waals surface area contributed by atoms with Crippen molar-refractivity contribution in [1.29, 1.82) is 0 Å². The van der Waals surface area contributed by atoms with Crippen molar-refractivity contribution < 1.29 is 81.2 Å². The number of ketones is 1. The average Bonchev–Trinajstić information content (AvgIpc) is 3.15. The van der Waals surface area contributed by atoms with Crippen LogP contribution in [0.1, 0.15) is 90.7 Å². The average molecular weight is 916 g/mol. The summed E-state index contributed by atoms with van der Waals surface area (Å²) in [5.41, 5.74) is 4.82. The first-order valence-corrected chi connectivity index (χ1v) is 19.8. The number of primary amides is 1. The first-order chi connectivity index (χ1) is 29.4. The zero-order valence-corrected chi connectivity index (χ0v) is 36.1. The fourth-order valence-electron chi connectivity index (χ4n) is 5.98. The highest BCUT2D eigenvalue weighted by molar-refractivity contribution is 6.37. The van der Waals surface area contributed by atoms with E-state index in [0.29, 0.717) is 11.1 Å². The molecule has 0 aliphatic rings. The van der Waals surface area contributed by atoms with Crippen LogP contribution in [0.2, 0.25) is 0 Å². The van der Waals surface area contributed by atoms with Crippen molar-refractivity contribution in [3.63, 3.8) is 0 Å². The Morgan fingerprint density at radius 1 is 0.625 bits per heavy atom. The summed E-state index contributed by atoms with van der Waals surface area (Å²) < 4.78 is 39.9. The smallest absolute Gasteiger partial charge is 0.391 e. The van der Waals surface area contributed by atoms with Gasteiger partial charge in [-0.25, -0.2) is 0 Å². The van der Waals surface area contributed by atoms with Gasteiger partial charge >= 0.3 is 24.1 Å². The number of aliphatic carboxylic acids is 3. The highest BCUT2D eigenvalue weighted by Crippen LogP contribution is 2.23. The van der Waals surface area contributed by atoms with E-state index in [2.05, 4.69) is 26.6 Å². The molecule has 0 bridgehead atoms. The lowest BCUT2D eigenvalue weighted by Crippen LogP contribution is -2.62. The lowest BCUT2D eigenvalue weighted by Gasteiger charge is -2.34. The second-order valence-corrected chi connectivity index (χ2v) is 16.4. The summed E-state index contributed by atoms with van der Waals surface area (Å²) in [6.45, 7) is 9.39. The zero-order chi connectivity index (χ0) is 49.3. The third-order valence-corrected chi connectivity index (χ3v) is 9.26. The van der Waals surface area contributed by atoms with Crippen molar-refractivity contribution in [2.45, 2.75) is 135 Å². The minimum atomic E-state index is -5.03. The van der Waals surface area contributed by atoms with Gasteiger partial charge in [0.1, 0.15) is 36.3 Å². The summed E-state index contributed by atoms with van der Waals surface area (Å²) in [5.74, 6) is -15.1. The number of alkyl halides is 3. The standard InChI is InChI=1S/C40H56F3N7O14/c1-19(2)15-23(35(61)49-26(18-40(41,42)43)31(58)33(44)59)48-38(64)32(39(4,5)6)50-37(63)24(16-21-10-8-7-9-20(21)3)47-34(60)22(11-13-28(52)53)46-36(62)25(17-30(56)57)45-27(51)12-14-29(54)55/h7-10,19,22-26,32H,11-18H2,1-6H3,(H2,44,59)(H,45,51)(H,46,62)(H,47,60)(H,48,64)(H,49,61)(H,50,63)(H,52,53)(H,54,55)(H,56,57)/t22-,23-,24-,25-,26-,32+/m0/s1. The van der Waals surface area contributed by atoms with Gasteiger partial charge in [0.25, 0.3) is 5.91 Å². The summed E-state index contributed by atoms with van der Waals surface area (Å²) in [7, 11) is 0. The first-order valence-electron chi connectivity index (χ1n) is 19.8. The molecular weight excluding hydrogens is 859 g/mol. The number of rotatable bonds is 26. The molecule has 7 amide bonds. The van der Waals surface area contributed by atoms with Crippen LogP contribution in [0.5, 0.6) is 0 Å². The Balaban J connectivity index is 3.62. The van der Waals surface area contributed by atoms with Crippen LogP contribution >= 0.6 is 0 Å². The number of carbonyl (C=O) groups is 11. The maximum absolute atomic E-state index is 14.2. The molecule has 0 aliphatic carbocycles. The minimum Gasteiger partial charge on any atom is -0.481 e. The van der Waals surface area contributed by atoms with E-state index >= 15 is 0 Å². The molecule has 0 fully saturated rings. The van der Waals surface area contributed by atoms with Crippen LogP contribution in [0, 0.1) is 18.3 Å². The Hall–Kier alpha value is -6.62. The van der Waals surface area contributed by atoms with E-state index in [1.54, 1.807) is 45.0 Å². The summed E-state index contributed by atoms with van der Waals surface area (Å²) >= 11 is 0. The second kappa shape index (κ2) is 24.9. The van der Waals surface area contributed by atoms with Gasteiger partial charge in [0, 0.05) is 19.3 Å². The Morgan fingerprint density at radius 2 is 1.12 bits per heavy atom. The van der Waals surface area contributed by atoms with E-state index in [1.165, 1.54) is 20.8 Å². The van der Waals surface area contributed by atoms with E-state index in [-0.39, 0.29) is 12.8 Å². The number of Topliss-reactive ketones (excluding diaryl/α,β-unsaturated/α-hetero) is 1. The van der Waals surface area contributed by atoms with E-state index in [1.807, 2.05) is 5.32 Å². The van der Waals surface area contributed by atoms with E-state index in [9.17, 15) is 76.1 Å². The predicted molar refractivity (Wildman–Crippen MR) is 216 cm³/mol. The second-order valence-electron chi connectivity index (χ2n) is 16.4. The third kappa shape index (κ3) is 20.5. The number of aryl methyl sites for hydroxylation is 1. The highest BCUT2D eigenvalue weighted by atomic mass is 19.4. The number of hydrogen-bond acceptors (Lipinski definition) is 11. The third-order valence-electron chi connectivity index (χ3n) is 9.26. The van der Waals surface area contributed by atoms with Crippen molar-refractivity contribution in [3.05, 3.63) is 35.4 Å². The van der Waals surface area contributed by atoms with Gasteiger partial charge in [-0.3, -0.25) is 52.7 Å². The minimum absolute atomic E-state index is 0.208. The fourth-order valence-corrected chi connectivity index (χ4v) is 5.98. The molecule has 24 heteroatoms. The highest BCUT2D eigenvalue weighted by Gasteiger charge is 2.41. The van der Waals surface area contributed by atoms with Gasteiger partial charge in [-0.2, -0.15) is 13.2 Å². The SMILES string of the molecule is Cc1ccccc1C[C@H](NC(=O)[C@H](CCC(=O)O)NC(=O)[C@H](CC(=O)O)NC(=O)CCC(=O)O)C(=O)N[C@H](C(=O)N[C@@H](CC(C)C)C(=O)N[C@@H](CC(F)(F)F)C(=O)C(N)=O)C(C)(C)C. The fraction of sp³-hybridized carbons (Fsp3) is 0.575. The Morgan fingerprint density at radius 3 is 1.62 bits per heavy atom. The number of amides is 7. The molecule has 11 N–H and O–H groups in total. The number of hydrogen-bond donors (Lipinski definition) is 10. The lowest BCUT2D eigenvalue weighted by molar-refractivity contribution is -0.153. The molecule has 1 aromatic rings. The van der Waals surface area contributed by atoms with Gasteiger partial charge in [0.2, 0.25) is 41.2 Å². The number of halogens is 3. The number of nitrogens with two attached hydrogens (primary N) is 1. The molecule has 0 unspecified atom stereocenters. The van der Waals surface area contributed by atoms with Crippen LogP contribution in [0.4, 0.5) is 13.2 Å². The molecule has 1 aromatic carbocycles. The van der Waals surface area contributed by atoms with Gasteiger partial charge in [-0.05, 0) is 42.2 Å². The lowest BCUT2D eigenvalue weighted by atomic mass is 9.85. The molecule has 0 spiro atoms. The maximum atomic E-state index is 14.2. The topological polar surface area (TPSA) is 347 Å². The molecule has 0 aliphatic heterocycles. The summed E-state index contributed by atoms with van der Waals surface area (Å²) in [5, 5.41) is 41.1. The number of carboxylic acid groups (broad SMARTS) is 3. The summed E-state index contributed by atoms with van der Waals surface area (Å²) in [6.07, 6.45) is -11.2. The van der Waals surface area contributed by atoms with Crippen LogP contribution in [0.25, 0.3) is 0 Å². The van der Waals surface area contributed by atoms with Crippen molar-refractivity contribution in [2.24, 2.45) is 17.1 Å². The van der Waals surface area contributed by atoms with Crippen LogP contribution in [-0.2, 0) is 59.2 Å². The molecule has 0 saturated carbocycles. The van der Waals surface area contributed by atoms with E-state index < -0.39 is 157 Å². The first kappa shape index (κ1) is 55.4. The van der Waals surface area contributed by atoms with Crippen LogP contribution < -0.4 is 37.6 Å². The molecule has 21 nitrogen and oxygen atoms in total. The van der Waals surface area contributed by atoms with Crippen molar-refractivity contribution in [3.8, 4) is 0 Å². The van der Waals surface area contributed by atoms with Crippen molar-refractivity contribution in [2.75, 3.05) is 0 Å². The molecule has 64 heavy (non-hydrogen) atoms. The van der Waals surface area contributed by atoms with Gasteiger partial charge in [0.05, 0.1) is 19.3 Å². The Bertz CT molecular complexity index is 1920. The Labute approximate surface area is 365 Å². The van der Waals surface area contributed by atoms with Crippen LogP contribution in [-0.4, -0.2) is 123 Å². The van der Waals surface area contributed by atoms with Crippen LogP contribution in [0.15, 0.2) is 24.3 Å². The molecule has 0 aromatic heterocycles. The molecular formula is C40H56F3N7O14. The summed E-state index contributed by atoms with van der Waals surface area (Å²) in [4.78, 5) is 139. The quantitative estimate of drug-likeness (QED) is 0.0536. The van der Waals surface area contributed by atoms with Gasteiger partial charge in [0.15, 0.2) is 0 Å². The molecule has 6 atom stereocenters. The molecule has 0 heterocycles. The molecule has 1 rings (SSSR count). The van der Waals surface area contributed by atoms with Crippen molar-refractivity contribution in [1.82, 2.24) is 31.9 Å². The van der Waals surface area contributed by atoms with E-state index in [4.69, 9.17) is 10.8 Å². The largest absolute Gasteiger partial charge is 0.481 e. The number of carboxylic acids is 3. The van der Waals surface area contributed by atoms with Gasteiger partial charge in [-0.1, -0.05) is 58.9 Å². The maximum Gasteiger partial charge on any atom is 0.391 e. The number of carbonyl (C=O) groups excluding carboxylic acids is 8. The van der Waals surface area contributed by atoms with Gasteiger partial charge in [-0.15, -0.1) is 0 Å². The Kier molecular flexibility index (Phi) is 21.5. The predicted octanol–water partition coefficient (Wildman–Crippen LogP) is -0.250. The number of benzene rings is 1. The molecule has 0 radical (unpaired) electrons. The normalized spacial score (nSPS) is 14.3. The molecule has 356 valence electrons. The van der Waals surface area contributed by atoms with E-state index in [0.717, 1.165) is 0 Å². The number of nitrogens with one attached hydrogen (secondary N) is 6. The van der Waals surface area contributed by atoms with Gasteiger partial charge < -0.3 is 53.0 Å². The van der Waals surface area contributed by atoms with Crippen molar-refractivity contribution >= 4 is 65.0 Å². The summed E-state index contributed by atoms with van der Waals surface area (Å²) in [6, 6.07) is -4.31. The molecule has 0 saturated heterocycles.